The maximum absolute atomic E-state index is 12.7. The molecule has 0 spiro atoms. The van der Waals surface area contributed by atoms with E-state index in [1.54, 1.807) is 22.9 Å². The number of nitrogens with one attached hydrogen (secondary N) is 1. The molecule has 3 aromatic rings. The minimum atomic E-state index is -0.620. The fourth-order valence-electron chi connectivity index (χ4n) is 2.87. The molecule has 1 heterocycles. The van der Waals surface area contributed by atoms with Gasteiger partial charge < -0.3 is 10.1 Å². The van der Waals surface area contributed by atoms with Gasteiger partial charge in [-0.15, -0.1) is 0 Å². The standard InChI is InChI=1S/C21H17Cl2N3O3/c22-14-8-9-17(16(23)10-14)24-20(27)12-29-21(28)19-11-18(13-6-7-13)25-26(19)15-4-2-1-3-5-15/h1-5,8-11,13H,6-7,12H2,(H,24,27). The van der Waals surface area contributed by atoms with Crippen molar-refractivity contribution >= 4 is 40.8 Å². The van der Waals surface area contributed by atoms with Gasteiger partial charge in [-0.05, 0) is 49.2 Å². The monoisotopic (exact) mass is 429 g/mol. The Morgan fingerprint density at radius 2 is 1.86 bits per heavy atom. The van der Waals surface area contributed by atoms with Crippen LogP contribution in [0.3, 0.4) is 0 Å². The van der Waals surface area contributed by atoms with Crippen LogP contribution in [0.4, 0.5) is 5.69 Å². The average molecular weight is 430 g/mol. The lowest BCUT2D eigenvalue weighted by molar-refractivity contribution is -0.119. The van der Waals surface area contributed by atoms with Crippen LogP contribution >= 0.6 is 23.2 Å². The Bertz CT molecular complexity index is 1060. The lowest BCUT2D eigenvalue weighted by atomic mass is 10.2. The van der Waals surface area contributed by atoms with E-state index < -0.39 is 18.5 Å². The number of amides is 1. The SMILES string of the molecule is O=C(COC(=O)c1cc(C2CC2)nn1-c1ccccc1)Nc1ccc(Cl)cc1Cl. The summed E-state index contributed by atoms with van der Waals surface area (Å²) in [6.45, 7) is -0.448. The summed E-state index contributed by atoms with van der Waals surface area (Å²) in [5.41, 5.74) is 2.29. The number of esters is 1. The minimum Gasteiger partial charge on any atom is -0.451 e. The fourth-order valence-corrected chi connectivity index (χ4v) is 3.33. The van der Waals surface area contributed by atoms with Crippen LogP contribution in [0, 0.1) is 0 Å². The number of nitrogens with zero attached hydrogens (tertiary/aromatic N) is 2. The summed E-state index contributed by atoms with van der Waals surface area (Å²) < 4.78 is 6.78. The number of aromatic nitrogens is 2. The second kappa shape index (κ2) is 8.27. The molecule has 0 saturated heterocycles. The number of hydrogen-bond acceptors (Lipinski definition) is 4. The molecule has 0 radical (unpaired) electrons. The van der Waals surface area contributed by atoms with Gasteiger partial charge in [0.15, 0.2) is 12.3 Å². The molecule has 1 aromatic heterocycles. The number of rotatable bonds is 6. The van der Waals surface area contributed by atoms with Crippen molar-refractivity contribution in [3.63, 3.8) is 0 Å². The average Bonchev–Trinajstić information content (AvgIpc) is 3.47. The Morgan fingerprint density at radius 1 is 1.10 bits per heavy atom. The Labute approximate surface area is 177 Å². The van der Waals surface area contributed by atoms with Crippen molar-refractivity contribution in [1.29, 1.82) is 0 Å². The largest absolute Gasteiger partial charge is 0.451 e. The van der Waals surface area contributed by atoms with Crippen molar-refractivity contribution in [2.45, 2.75) is 18.8 Å². The Morgan fingerprint density at radius 3 is 2.55 bits per heavy atom. The van der Waals surface area contributed by atoms with Crippen molar-refractivity contribution in [2.75, 3.05) is 11.9 Å². The third kappa shape index (κ3) is 4.60. The summed E-state index contributed by atoms with van der Waals surface area (Å²) in [6.07, 6.45) is 2.12. The zero-order valence-electron chi connectivity index (χ0n) is 15.3. The van der Waals surface area contributed by atoms with Gasteiger partial charge in [-0.1, -0.05) is 41.4 Å². The lowest BCUT2D eigenvalue weighted by Crippen LogP contribution is -2.22. The van der Waals surface area contributed by atoms with Crippen LogP contribution < -0.4 is 5.32 Å². The third-order valence-corrected chi connectivity index (χ3v) is 5.02. The number of carbonyl (C=O) groups excluding carboxylic acids is 2. The molecule has 8 heteroatoms. The molecule has 1 aliphatic rings. The summed E-state index contributed by atoms with van der Waals surface area (Å²) in [6, 6.07) is 15.8. The third-order valence-electron chi connectivity index (χ3n) is 4.47. The molecule has 1 amide bonds. The smallest absolute Gasteiger partial charge is 0.357 e. The predicted molar refractivity (Wildman–Crippen MR) is 111 cm³/mol. The van der Waals surface area contributed by atoms with Gasteiger partial charge in [-0.3, -0.25) is 4.79 Å². The second-order valence-electron chi connectivity index (χ2n) is 6.72. The highest BCUT2D eigenvalue weighted by Crippen LogP contribution is 2.39. The molecular weight excluding hydrogens is 413 g/mol. The molecule has 1 fully saturated rings. The van der Waals surface area contributed by atoms with Crippen molar-refractivity contribution < 1.29 is 14.3 Å². The van der Waals surface area contributed by atoms with E-state index in [0.717, 1.165) is 24.2 Å². The van der Waals surface area contributed by atoms with Gasteiger partial charge in [0.2, 0.25) is 0 Å². The first kappa shape index (κ1) is 19.5. The number of ether oxygens (including phenoxy) is 1. The molecule has 1 saturated carbocycles. The highest BCUT2D eigenvalue weighted by molar-refractivity contribution is 6.36. The van der Waals surface area contributed by atoms with Crippen molar-refractivity contribution in [2.24, 2.45) is 0 Å². The summed E-state index contributed by atoms with van der Waals surface area (Å²) in [4.78, 5) is 24.8. The van der Waals surface area contributed by atoms with Crippen LogP contribution in [-0.2, 0) is 9.53 Å². The van der Waals surface area contributed by atoms with E-state index in [4.69, 9.17) is 27.9 Å². The molecule has 29 heavy (non-hydrogen) atoms. The van der Waals surface area contributed by atoms with Crippen molar-refractivity contribution in [1.82, 2.24) is 9.78 Å². The number of carbonyl (C=O) groups is 2. The Hall–Kier alpha value is -2.83. The Kier molecular flexibility index (Phi) is 5.56. The zero-order valence-corrected chi connectivity index (χ0v) is 16.8. The maximum atomic E-state index is 12.7. The highest BCUT2D eigenvalue weighted by atomic mass is 35.5. The van der Waals surface area contributed by atoms with Crippen LogP contribution in [0.25, 0.3) is 5.69 Å². The van der Waals surface area contributed by atoms with Crippen LogP contribution in [-0.4, -0.2) is 28.3 Å². The predicted octanol–water partition coefficient (Wildman–Crippen LogP) is 4.85. The van der Waals surface area contributed by atoms with Gasteiger partial charge >= 0.3 is 5.97 Å². The molecule has 2 aromatic carbocycles. The summed E-state index contributed by atoms with van der Waals surface area (Å²) in [5.74, 6) is -0.747. The van der Waals surface area contributed by atoms with E-state index in [2.05, 4.69) is 10.4 Å². The molecule has 0 unspecified atom stereocenters. The normalized spacial score (nSPS) is 13.2. The Balaban J connectivity index is 1.46. The molecule has 0 atom stereocenters. The van der Waals surface area contributed by atoms with Gasteiger partial charge in [-0.25, -0.2) is 9.48 Å². The minimum absolute atomic E-state index is 0.287. The van der Waals surface area contributed by atoms with Crippen molar-refractivity contribution in [3.8, 4) is 5.69 Å². The maximum Gasteiger partial charge on any atom is 0.357 e. The van der Waals surface area contributed by atoms with Gasteiger partial charge in [-0.2, -0.15) is 5.10 Å². The summed E-state index contributed by atoms with van der Waals surface area (Å²) >= 11 is 11.9. The molecule has 0 bridgehead atoms. The van der Waals surface area contributed by atoms with Crippen LogP contribution in [0.1, 0.15) is 34.9 Å². The van der Waals surface area contributed by atoms with E-state index in [9.17, 15) is 9.59 Å². The fraction of sp³-hybridized carbons (Fsp3) is 0.190. The van der Waals surface area contributed by atoms with Crippen LogP contribution in [0.5, 0.6) is 0 Å². The number of anilines is 1. The van der Waals surface area contributed by atoms with Gasteiger partial charge in [0.1, 0.15) is 0 Å². The number of halogens is 2. The zero-order chi connectivity index (χ0) is 20.4. The number of benzene rings is 2. The van der Waals surface area contributed by atoms with E-state index >= 15 is 0 Å². The molecule has 6 nitrogen and oxygen atoms in total. The van der Waals surface area contributed by atoms with Crippen LogP contribution in [0.2, 0.25) is 10.0 Å². The van der Waals surface area contributed by atoms with E-state index in [0.29, 0.717) is 21.7 Å². The first-order valence-corrected chi connectivity index (χ1v) is 9.84. The molecule has 0 aliphatic heterocycles. The quantitative estimate of drug-likeness (QED) is 0.568. The van der Waals surface area contributed by atoms with Crippen molar-refractivity contribution in [3.05, 3.63) is 76.0 Å². The van der Waals surface area contributed by atoms with Crippen LogP contribution in [0.15, 0.2) is 54.6 Å². The first-order chi connectivity index (χ1) is 14.0. The van der Waals surface area contributed by atoms with Gasteiger partial charge in [0.25, 0.3) is 5.91 Å². The van der Waals surface area contributed by atoms with E-state index in [1.165, 1.54) is 6.07 Å². The molecule has 1 N–H and O–H groups in total. The lowest BCUT2D eigenvalue weighted by Gasteiger charge is -2.09. The number of para-hydroxylation sites is 1. The first-order valence-electron chi connectivity index (χ1n) is 9.08. The molecule has 4 rings (SSSR count). The van der Waals surface area contributed by atoms with E-state index in [1.807, 2.05) is 30.3 Å². The molecule has 148 valence electrons. The molecular formula is C21H17Cl2N3O3. The second-order valence-corrected chi connectivity index (χ2v) is 7.57. The molecule has 1 aliphatic carbocycles. The van der Waals surface area contributed by atoms with Gasteiger partial charge in [0.05, 0.1) is 22.1 Å². The summed E-state index contributed by atoms with van der Waals surface area (Å²) in [5, 5.41) is 7.92. The van der Waals surface area contributed by atoms with E-state index in [-0.39, 0.29) is 5.69 Å². The summed E-state index contributed by atoms with van der Waals surface area (Å²) in [7, 11) is 0. The topological polar surface area (TPSA) is 73.2 Å². The number of hydrogen-bond donors (Lipinski definition) is 1. The van der Waals surface area contributed by atoms with Gasteiger partial charge in [0, 0.05) is 10.9 Å². The highest BCUT2D eigenvalue weighted by Gasteiger charge is 2.29.